The first-order chi connectivity index (χ1) is 10.7. The molecule has 22 heavy (non-hydrogen) atoms. The number of nitrogens with zero attached hydrogens (tertiary/aromatic N) is 4. The number of ether oxygens (including phenoxy) is 1. The van der Waals surface area contributed by atoms with Gasteiger partial charge in [0.1, 0.15) is 17.7 Å². The third-order valence-electron chi connectivity index (χ3n) is 4.08. The topological polar surface area (TPSA) is 60.3 Å². The van der Waals surface area contributed by atoms with Crippen molar-refractivity contribution in [3.8, 4) is 0 Å². The molecule has 6 nitrogen and oxygen atoms in total. The third kappa shape index (κ3) is 2.62. The summed E-state index contributed by atoms with van der Waals surface area (Å²) in [5.41, 5.74) is 0. The van der Waals surface area contributed by atoms with E-state index in [2.05, 4.69) is 16.9 Å². The number of pyridine rings is 1. The van der Waals surface area contributed by atoms with Gasteiger partial charge >= 0.3 is 0 Å². The van der Waals surface area contributed by atoms with Crippen molar-refractivity contribution in [1.29, 1.82) is 0 Å². The van der Waals surface area contributed by atoms with E-state index in [1.807, 2.05) is 29.0 Å². The fourth-order valence-electron chi connectivity index (χ4n) is 2.86. The number of aromatic nitrogens is 3. The highest BCUT2D eigenvalue weighted by molar-refractivity contribution is 5.94. The molecule has 1 amide bonds. The molecule has 1 aliphatic rings. The van der Waals surface area contributed by atoms with Crippen LogP contribution in [0.25, 0.3) is 0 Å². The van der Waals surface area contributed by atoms with Crippen LogP contribution in [0.1, 0.15) is 25.3 Å². The molecule has 2 aromatic heterocycles. The summed E-state index contributed by atoms with van der Waals surface area (Å²) in [5, 5.41) is 0. The highest BCUT2D eigenvalue weighted by Gasteiger charge is 2.39. The van der Waals surface area contributed by atoms with Gasteiger partial charge in [-0.25, -0.2) is 9.97 Å². The van der Waals surface area contributed by atoms with Crippen LogP contribution in [-0.2, 0) is 16.1 Å². The Morgan fingerprint density at radius 2 is 2.27 bits per heavy atom. The molecule has 0 aromatic carbocycles. The fourth-order valence-corrected chi connectivity index (χ4v) is 2.86. The molecule has 116 valence electrons. The second kappa shape index (κ2) is 6.27. The van der Waals surface area contributed by atoms with Crippen molar-refractivity contribution in [3.63, 3.8) is 0 Å². The summed E-state index contributed by atoms with van der Waals surface area (Å²) >= 11 is 0. The SMILES string of the molecule is CCn1ccnc1[C@@H]1OCC[C@H]1C(=O)N(C)c1ccccn1. The molecule has 3 heterocycles. The summed E-state index contributed by atoms with van der Waals surface area (Å²) in [4.78, 5) is 23.0. The van der Waals surface area contributed by atoms with Gasteiger partial charge in [-0.15, -0.1) is 0 Å². The lowest BCUT2D eigenvalue weighted by atomic mass is 9.99. The van der Waals surface area contributed by atoms with E-state index >= 15 is 0 Å². The Bertz CT molecular complexity index is 641. The van der Waals surface area contributed by atoms with E-state index in [0.717, 1.165) is 12.4 Å². The predicted molar refractivity (Wildman–Crippen MR) is 82.3 cm³/mol. The number of aryl methyl sites for hydroxylation is 1. The quantitative estimate of drug-likeness (QED) is 0.867. The van der Waals surface area contributed by atoms with Gasteiger partial charge in [0.25, 0.3) is 0 Å². The van der Waals surface area contributed by atoms with Crippen LogP contribution < -0.4 is 4.90 Å². The summed E-state index contributed by atoms with van der Waals surface area (Å²) < 4.78 is 7.83. The predicted octanol–water partition coefficient (Wildman–Crippen LogP) is 2.04. The van der Waals surface area contributed by atoms with Crippen LogP contribution >= 0.6 is 0 Å². The van der Waals surface area contributed by atoms with Crippen LogP contribution in [0.4, 0.5) is 5.82 Å². The van der Waals surface area contributed by atoms with E-state index in [4.69, 9.17) is 4.74 Å². The summed E-state index contributed by atoms with van der Waals surface area (Å²) in [6.45, 7) is 3.44. The smallest absolute Gasteiger partial charge is 0.234 e. The van der Waals surface area contributed by atoms with Gasteiger partial charge in [0, 0.05) is 38.8 Å². The van der Waals surface area contributed by atoms with Crippen molar-refractivity contribution in [2.45, 2.75) is 26.0 Å². The molecule has 0 unspecified atom stereocenters. The Labute approximate surface area is 129 Å². The third-order valence-corrected chi connectivity index (χ3v) is 4.08. The molecule has 0 aliphatic carbocycles. The maximum atomic E-state index is 12.8. The van der Waals surface area contributed by atoms with Crippen LogP contribution in [0.5, 0.6) is 0 Å². The highest BCUT2D eigenvalue weighted by Crippen LogP contribution is 2.35. The maximum absolute atomic E-state index is 12.8. The molecule has 3 rings (SSSR count). The van der Waals surface area contributed by atoms with Gasteiger partial charge in [0.15, 0.2) is 0 Å². The molecule has 1 saturated heterocycles. The Morgan fingerprint density at radius 1 is 1.41 bits per heavy atom. The van der Waals surface area contributed by atoms with Gasteiger partial charge < -0.3 is 9.30 Å². The summed E-state index contributed by atoms with van der Waals surface area (Å²) in [6.07, 6.45) is 5.78. The lowest BCUT2D eigenvalue weighted by Gasteiger charge is -2.23. The van der Waals surface area contributed by atoms with Gasteiger partial charge in [-0.3, -0.25) is 9.69 Å². The van der Waals surface area contributed by atoms with E-state index < -0.39 is 0 Å². The number of imidazole rings is 1. The number of rotatable bonds is 4. The lowest BCUT2D eigenvalue weighted by Crippen LogP contribution is -2.35. The van der Waals surface area contributed by atoms with E-state index in [1.165, 1.54) is 0 Å². The number of carbonyl (C=O) groups excluding carboxylic acids is 1. The summed E-state index contributed by atoms with van der Waals surface area (Å²) in [7, 11) is 1.76. The minimum atomic E-state index is -0.284. The molecular formula is C16H20N4O2. The maximum Gasteiger partial charge on any atom is 0.234 e. The normalized spacial score (nSPS) is 21.0. The molecule has 2 aromatic rings. The van der Waals surface area contributed by atoms with E-state index in [1.54, 1.807) is 24.3 Å². The van der Waals surface area contributed by atoms with Crippen molar-refractivity contribution >= 4 is 11.7 Å². The standard InChI is InChI=1S/C16H20N4O2/c1-3-20-10-9-18-15(20)14-12(7-11-22-14)16(21)19(2)13-6-4-5-8-17-13/h4-6,8-10,12,14H,3,7,11H2,1-2H3/t12-,14-/m1/s1. The Kier molecular flexibility index (Phi) is 4.20. The number of amides is 1. The monoisotopic (exact) mass is 300 g/mol. The van der Waals surface area contributed by atoms with Crippen LogP contribution in [0.2, 0.25) is 0 Å². The van der Waals surface area contributed by atoms with Crippen molar-refractivity contribution < 1.29 is 9.53 Å². The molecule has 1 fully saturated rings. The molecule has 1 aliphatic heterocycles. The fraction of sp³-hybridized carbons (Fsp3) is 0.438. The zero-order chi connectivity index (χ0) is 15.5. The zero-order valence-corrected chi connectivity index (χ0v) is 12.8. The minimum absolute atomic E-state index is 0.0202. The number of hydrogen-bond donors (Lipinski definition) is 0. The van der Waals surface area contributed by atoms with E-state index in [9.17, 15) is 4.79 Å². The molecule has 2 atom stereocenters. The Morgan fingerprint density at radius 3 is 3.00 bits per heavy atom. The molecule has 0 radical (unpaired) electrons. The zero-order valence-electron chi connectivity index (χ0n) is 12.8. The van der Waals surface area contributed by atoms with Crippen LogP contribution in [-0.4, -0.2) is 34.1 Å². The minimum Gasteiger partial charge on any atom is -0.369 e. The molecule has 0 spiro atoms. The summed E-state index contributed by atoms with van der Waals surface area (Å²) in [6, 6.07) is 5.54. The van der Waals surface area contributed by atoms with Crippen molar-refractivity contribution in [2.24, 2.45) is 5.92 Å². The van der Waals surface area contributed by atoms with Crippen LogP contribution in [0.3, 0.4) is 0 Å². The first kappa shape index (κ1) is 14.7. The molecular weight excluding hydrogens is 280 g/mol. The first-order valence-corrected chi connectivity index (χ1v) is 7.53. The van der Waals surface area contributed by atoms with E-state index in [0.29, 0.717) is 18.8 Å². The van der Waals surface area contributed by atoms with E-state index in [-0.39, 0.29) is 17.9 Å². The molecule has 0 bridgehead atoms. The average Bonchev–Trinajstić information content (AvgIpc) is 3.22. The summed E-state index contributed by atoms with van der Waals surface area (Å²) in [5.74, 6) is 1.27. The van der Waals surface area contributed by atoms with Gasteiger partial charge in [-0.05, 0) is 25.5 Å². The van der Waals surface area contributed by atoms with Gasteiger partial charge in [-0.1, -0.05) is 6.07 Å². The van der Waals surface area contributed by atoms with Crippen LogP contribution in [0, 0.1) is 5.92 Å². The number of carbonyl (C=O) groups is 1. The Balaban J connectivity index is 1.82. The molecule has 0 saturated carbocycles. The number of hydrogen-bond acceptors (Lipinski definition) is 4. The largest absolute Gasteiger partial charge is 0.369 e. The van der Waals surface area contributed by atoms with Gasteiger partial charge in [-0.2, -0.15) is 0 Å². The lowest BCUT2D eigenvalue weighted by molar-refractivity contribution is -0.124. The average molecular weight is 300 g/mol. The second-order valence-corrected chi connectivity index (χ2v) is 5.34. The highest BCUT2D eigenvalue weighted by atomic mass is 16.5. The van der Waals surface area contributed by atoms with Crippen molar-refractivity contribution in [3.05, 3.63) is 42.6 Å². The van der Waals surface area contributed by atoms with Crippen molar-refractivity contribution in [1.82, 2.24) is 14.5 Å². The van der Waals surface area contributed by atoms with Gasteiger partial charge in [0.05, 0.1) is 5.92 Å². The molecule has 6 heteroatoms. The van der Waals surface area contributed by atoms with Crippen LogP contribution in [0.15, 0.2) is 36.8 Å². The van der Waals surface area contributed by atoms with Gasteiger partial charge in [0.2, 0.25) is 5.91 Å². The molecule has 0 N–H and O–H groups in total. The van der Waals surface area contributed by atoms with Crippen molar-refractivity contribution in [2.75, 3.05) is 18.6 Å². The Hall–Kier alpha value is -2.21. The second-order valence-electron chi connectivity index (χ2n) is 5.34. The first-order valence-electron chi connectivity index (χ1n) is 7.53. The number of anilines is 1.